The Balaban J connectivity index is 1.69. The van der Waals surface area contributed by atoms with Gasteiger partial charge in [-0.2, -0.15) is 17.0 Å². The molecule has 1 saturated heterocycles. The van der Waals surface area contributed by atoms with Gasteiger partial charge in [0.15, 0.2) is 0 Å². The Labute approximate surface area is 168 Å². The molecule has 0 unspecified atom stereocenters. The highest BCUT2D eigenvalue weighted by atomic mass is 79.9. The highest BCUT2D eigenvalue weighted by molar-refractivity contribution is 9.10. The lowest BCUT2D eigenvalue weighted by Gasteiger charge is -2.39. The third-order valence-corrected chi connectivity index (χ3v) is 8.03. The second kappa shape index (κ2) is 8.42. The van der Waals surface area contributed by atoms with Crippen molar-refractivity contribution in [2.75, 3.05) is 38.1 Å². The third kappa shape index (κ3) is 4.44. The van der Waals surface area contributed by atoms with Crippen LogP contribution in [0.25, 0.3) is 0 Å². The Morgan fingerprint density at radius 3 is 2.37 bits per heavy atom. The molecule has 0 amide bonds. The summed E-state index contributed by atoms with van der Waals surface area (Å²) in [4.78, 5) is 12.8. The fraction of sp³-hybridized carbons (Fsp3) is 0.647. The molecule has 0 bridgehead atoms. The van der Waals surface area contributed by atoms with Gasteiger partial charge in [0.25, 0.3) is 15.9 Å². The molecule has 1 aromatic rings. The molecule has 2 fully saturated rings. The van der Waals surface area contributed by atoms with Gasteiger partial charge in [-0.3, -0.25) is 10.1 Å². The molecule has 0 N–H and O–H groups in total. The van der Waals surface area contributed by atoms with Gasteiger partial charge in [0, 0.05) is 49.8 Å². The molecular weight excluding hydrogens is 436 g/mol. The van der Waals surface area contributed by atoms with E-state index in [9.17, 15) is 18.5 Å². The molecule has 27 heavy (non-hydrogen) atoms. The zero-order chi connectivity index (χ0) is 19.6. The monoisotopic (exact) mass is 460 g/mol. The zero-order valence-electron chi connectivity index (χ0n) is 15.4. The molecule has 1 aliphatic heterocycles. The minimum absolute atomic E-state index is 0.0278. The molecule has 1 heterocycles. The van der Waals surface area contributed by atoms with E-state index in [1.807, 2.05) is 4.90 Å². The number of halogens is 1. The van der Waals surface area contributed by atoms with Gasteiger partial charge in [-0.05, 0) is 25.0 Å². The van der Waals surface area contributed by atoms with E-state index in [4.69, 9.17) is 0 Å². The minimum Gasteiger partial charge on any atom is -0.363 e. The van der Waals surface area contributed by atoms with Gasteiger partial charge in [-0.15, -0.1) is 0 Å². The molecular formula is C17H25BrN4O4S. The van der Waals surface area contributed by atoms with E-state index < -0.39 is 15.1 Å². The van der Waals surface area contributed by atoms with Gasteiger partial charge >= 0.3 is 0 Å². The molecule has 0 atom stereocenters. The first-order valence-electron chi connectivity index (χ1n) is 9.22. The minimum atomic E-state index is -3.50. The van der Waals surface area contributed by atoms with Crippen LogP contribution in [0, 0.1) is 10.1 Å². The maximum absolute atomic E-state index is 13.0. The molecule has 2 aliphatic rings. The van der Waals surface area contributed by atoms with Crippen LogP contribution in [0.15, 0.2) is 22.7 Å². The Morgan fingerprint density at radius 2 is 1.78 bits per heavy atom. The van der Waals surface area contributed by atoms with Crippen LogP contribution in [0.3, 0.4) is 0 Å². The van der Waals surface area contributed by atoms with Crippen molar-refractivity contribution in [3.05, 3.63) is 32.8 Å². The summed E-state index contributed by atoms with van der Waals surface area (Å²) in [6, 6.07) is 5.03. The highest BCUT2D eigenvalue weighted by Gasteiger charge is 2.35. The van der Waals surface area contributed by atoms with Crippen LogP contribution in [0.4, 0.5) is 11.4 Å². The summed E-state index contributed by atoms with van der Waals surface area (Å²) in [6.07, 6.45) is 5.16. The van der Waals surface area contributed by atoms with Crippen LogP contribution in [-0.2, 0) is 10.2 Å². The van der Waals surface area contributed by atoms with E-state index in [1.165, 1.54) is 21.1 Å². The second-order valence-electron chi connectivity index (χ2n) is 7.09. The van der Waals surface area contributed by atoms with E-state index in [1.54, 1.807) is 19.2 Å². The number of piperazine rings is 1. The zero-order valence-corrected chi connectivity index (χ0v) is 17.8. The van der Waals surface area contributed by atoms with Crippen molar-refractivity contribution in [1.82, 2.24) is 8.61 Å². The topological polar surface area (TPSA) is 87.0 Å². The molecule has 1 saturated carbocycles. The van der Waals surface area contributed by atoms with Crippen LogP contribution in [0.1, 0.15) is 32.1 Å². The predicted octanol–water partition coefficient (Wildman–Crippen LogP) is 2.99. The first-order valence-corrected chi connectivity index (χ1v) is 11.4. The Bertz CT molecular complexity index is 790. The fourth-order valence-corrected chi connectivity index (χ4v) is 5.81. The summed E-state index contributed by atoms with van der Waals surface area (Å²) in [7, 11) is -1.82. The number of nitro groups is 1. The standard InChI is InChI=1S/C17H25BrN4O4S/c1-19(15-5-3-2-4-6-15)27(25,26)21-11-9-20(10-12-21)16-8-7-14(18)13-17(16)22(23)24/h7-8,13,15H,2-6,9-12H2,1H3. The Morgan fingerprint density at radius 1 is 1.15 bits per heavy atom. The number of anilines is 1. The second-order valence-corrected chi connectivity index (χ2v) is 10.00. The third-order valence-electron chi connectivity index (χ3n) is 5.49. The van der Waals surface area contributed by atoms with Crippen LogP contribution >= 0.6 is 15.9 Å². The van der Waals surface area contributed by atoms with Crippen LogP contribution in [-0.4, -0.2) is 61.2 Å². The molecule has 10 heteroatoms. The number of hydrogen-bond donors (Lipinski definition) is 0. The smallest absolute Gasteiger partial charge is 0.293 e. The summed E-state index contributed by atoms with van der Waals surface area (Å²) >= 11 is 3.26. The summed E-state index contributed by atoms with van der Waals surface area (Å²) < 4.78 is 29.6. The lowest BCUT2D eigenvalue weighted by atomic mass is 9.96. The number of hydrogen-bond acceptors (Lipinski definition) is 5. The van der Waals surface area contributed by atoms with Crippen molar-refractivity contribution in [2.45, 2.75) is 38.1 Å². The average Bonchev–Trinajstić information content (AvgIpc) is 2.68. The van der Waals surface area contributed by atoms with Gasteiger partial charge in [-0.1, -0.05) is 35.2 Å². The number of rotatable bonds is 5. The highest BCUT2D eigenvalue weighted by Crippen LogP contribution is 2.32. The van der Waals surface area contributed by atoms with E-state index in [-0.39, 0.29) is 11.7 Å². The largest absolute Gasteiger partial charge is 0.363 e. The molecule has 8 nitrogen and oxygen atoms in total. The van der Waals surface area contributed by atoms with Gasteiger partial charge in [-0.25, -0.2) is 0 Å². The summed E-state index contributed by atoms with van der Waals surface area (Å²) in [5, 5.41) is 11.3. The van der Waals surface area contributed by atoms with Crippen molar-refractivity contribution in [1.29, 1.82) is 0 Å². The summed E-state index contributed by atoms with van der Waals surface area (Å²) in [5.74, 6) is 0. The molecule has 0 spiro atoms. The normalized spacial score (nSPS) is 20.2. The molecule has 0 aromatic heterocycles. The van der Waals surface area contributed by atoms with Crippen molar-refractivity contribution in [2.24, 2.45) is 0 Å². The van der Waals surface area contributed by atoms with Gasteiger partial charge in [0.05, 0.1) is 4.92 Å². The molecule has 1 aromatic carbocycles. The van der Waals surface area contributed by atoms with Gasteiger partial charge in [0.2, 0.25) is 0 Å². The SMILES string of the molecule is CN(C1CCCCC1)S(=O)(=O)N1CCN(c2ccc(Br)cc2[N+](=O)[O-])CC1. The van der Waals surface area contributed by atoms with Crippen LogP contribution in [0.2, 0.25) is 0 Å². The molecule has 150 valence electrons. The maximum atomic E-state index is 13.0. The Kier molecular flexibility index (Phi) is 6.39. The van der Waals surface area contributed by atoms with Gasteiger partial charge in [0.1, 0.15) is 5.69 Å². The Hall–Kier alpha value is -1.23. The van der Waals surface area contributed by atoms with Crippen molar-refractivity contribution >= 4 is 37.5 Å². The van der Waals surface area contributed by atoms with Crippen molar-refractivity contribution in [3.63, 3.8) is 0 Å². The van der Waals surface area contributed by atoms with Gasteiger partial charge < -0.3 is 4.90 Å². The quantitative estimate of drug-likeness (QED) is 0.497. The first-order chi connectivity index (χ1) is 12.8. The number of nitro benzene ring substituents is 1. The van der Waals surface area contributed by atoms with E-state index >= 15 is 0 Å². The fourth-order valence-electron chi connectivity index (χ4n) is 3.89. The number of benzene rings is 1. The molecule has 0 radical (unpaired) electrons. The first kappa shape index (κ1) is 20.5. The summed E-state index contributed by atoms with van der Waals surface area (Å²) in [5.41, 5.74) is 0.556. The number of nitrogens with zero attached hydrogens (tertiary/aromatic N) is 4. The summed E-state index contributed by atoms with van der Waals surface area (Å²) in [6.45, 7) is 1.51. The van der Waals surface area contributed by atoms with E-state index in [2.05, 4.69) is 15.9 Å². The molecule has 3 rings (SSSR count). The van der Waals surface area contributed by atoms with Crippen LogP contribution < -0.4 is 4.90 Å². The van der Waals surface area contributed by atoms with Crippen LogP contribution in [0.5, 0.6) is 0 Å². The van der Waals surface area contributed by atoms with Crippen molar-refractivity contribution in [3.8, 4) is 0 Å². The lowest BCUT2D eigenvalue weighted by molar-refractivity contribution is -0.384. The predicted molar refractivity (Wildman–Crippen MR) is 108 cm³/mol. The van der Waals surface area contributed by atoms with E-state index in [0.717, 1.165) is 25.7 Å². The maximum Gasteiger partial charge on any atom is 0.293 e. The van der Waals surface area contributed by atoms with E-state index in [0.29, 0.717) is 36.3 Å². The molecule has 1 aliphatic carbocycles. The average molecular weight is 461 g/mol. The lowest BCUT2D eigenvalue weighted by Crippen LogP contribution is -2.54. The van der Waals surface area contributed by atoms with Crippen molar-refractivity contribution < 1.29 is 13.3 Å².